The van der Waals surface area contributed by atoms with E-state index in [1.54, 1.807) is 16.8 Å². The van der Waals surface area contributed by atoms with E-state index >= 15 is 0 Å². The minimum atomic E-state index is -0.910. The molecule has 1 aliphatic carbocycles. The fourth-order valence-electron chi connectivity index (χ4n) is 4.47. The first-order valence-electron chi connectivity index (χ1n) is 8.81. The van der Waals surface area contributed by atoms with Crippen LogP contribution in [0.4, 0.5) is 0 Å². The molecule has 4 rings (SSSR count). The number of carboxylic acids is 1. The van der Waals surface area contributed by atoms with Crippen LogP contribution in [-0.2, 0) is 4.79 Å². The lowest BCUT2D eigenvalue weighted by Crippen LogP contribution is -2.43. The van der Waals surface area contributed by atoms with E-state index in [2.05, 4.69) is 5.10 Å². The van der Waals surface area contributed by atoms with Gasteiger partial charge in [0.2, 0.25) is 0 Å². The van der Waals surface area contributed by atoms with Gasteiger partial charge >= 0.3 is 5.97 Å². The lowest BCUT2D eigenvalue weighted by molar-refractivity contribution is -0.142. The molecule has 1 saturated carbocycles. The Morgan fingerprint density at radius 3 is 2.85 bits per heavy atom. The van der Waals surface area contributed by atoms with Crippen LogP contribution in [0.15, 0.2) is 30.5 Å². The molecule has 1 amide bonds. The van der Waals surface area contributed by atoms with E-state index < -0.39 is 12.0 Å². The maximum absolute atomic E-state index is 13.1. The molecule has 0 bridgehead atoms. The Morgan fingerprint density at radius 1 is 1.31 bits per heavy atom. The zero-order valence-electron chi connectivity index (χ0n) is 14.4. The van der Waals surface area contributed by atoms with Crippen molar-refractivity contribution in [1.29, 1.82) is 0 Å². The van der Waals surface area contributed by atoms with Gasteiger partial charge in [0.25, 0.3) is 5.91 Å². The van der Waals surface area contributed by atoms with Crippen molar-refractivity contribution in [2.24, 2.45) is 11.8 Å². The molecule has 2 heterocycles. The Bertz CT molecular complexity index is 879. The summed E-state index contributed by atoms with van der Waals surface area (Å²) in [6, 6.07) is 6.50. The SMILES string of the molecule is Cc1c(C(=O)N2CC3CCCC3C2C(=O)O)cnn1-c1cccc(Cl)c1. The molecule has 0 spiro atoms. The Morgan fingerprint density at radius 2 is 2.12 bits per heavy atom. The third-order valence-electron chi connectivity index (χ3n) is 5.70. The van der Waals surface area contributed by atoms with Crippen LogP contribution in [0.1, 0.15) is 35.3 Å². The molecule has 1 saturated heterocycles. The van der Waals surface area contributed by atoms with Gasteiger partial charge < -0.3 is 10.0 Å². The highest BCUT2D eigenvalue weighted by Crippen LogP contribution is 2.42. The molecular weight excluding hydrogens is 354 g/mol. The van der Waals surface area contributed by atoms with Gasteiger partial charge in [0, 0.05) is 11.6 Å². The lowest BCUT2D eigenvalue weighted by Gasteiger charge is -2.24. The number of carbonyl (C=O) groups excluding carboxylic acids is 1. The van der Waals surface area contributed by atoms with Crippen LogP contribution in [0.3, 0.4) is 0 Å². The fraction of sp³-hybridized carbons (Fsp3) is 0.421. The highest BCUT2D eigenvalue weighted by atomic mass is 35.5. The number of halogens is 1. The van der Waals surface area contributed by atoms with E-state index in [0.717, 1.165) is 24.9 Å². The average Bonchev–Trinajstić information content (AvgIpc) is 3.27. The number of aliphatic carboxylic acids is 1. The van der Waals surface area contributed by atoms with Crippen LogP contribution in [-0.4, -0.2) is 44.3 Å². The third kappa shape index (κ3) is 2.69. The number of carbonyl (C=O) groups is 2. The number of fused-ring (bicyclic) bond motifs is 1. The quantitative estimate of drug-likeness (QED) is 0.896. The average molecular weight is 374 g/mol. The Kier molecular flexibility index (Phi) is 4.23. The molecule has 2 aromatic rings. The summed E-state index contributed by atoms with van der Waals surface area (Å²) in [7, 11) is 0. The fourth-order valence-corrected chi connectivity index (χ4v) is 4.66. The first-order valence-corrected chi connectivity index (χ1v) is 9.19. The normalized spacial score (nSPS) is 24.7. The number of amides is 1. The number of hydrogen-bond acceptors (Lipinski definition) is 3. The number of aromatic nitrogens is 2. The van der Waals surface area contributed by atoms with Gasteiger partial charge in [-0.3, -0.25) is 4.79 Å². The van der Waals surface area contributed by atoms with Crippen LogP contribution < -0.4 is 0 Å². The summed E-state index contributed by atoms with van der Waals surface area (Å²) in [6.07, 6.45) is 4.45. The second-order valence-electron chi connectivity index (χ2n) is 7.13. The van der Waals surface area contributed by atoms with Gasteiger partial charge in [-0.15, -0.1) is 0 Å². The molecule has 1 N–H and O–H groups in total. The highest BCUT2D eigenvalue weighted by Gasteiger charge is 2.49. The molecule has 6 nitrogen and oxygen atoms in total. The molecule has 7 heteroatoms. The van der Waals surface area contributed by atoms with E-state index in [1.165, 1.54) is 11.1 Å². The van der Waals surface area contributed by atoms with Crippen LogP contribution in [0.25, 0.3) is 5.69 Å². The van der Waals surface area contributed by atoms with Gasteiger partial charge in [-0.1, -0.05) is 24.1 Å². The predicted molar refractivity (Wildman–Crippen MR) is 96.6 cm³/mol. The van der Waals surface area contributed by atoms with E-state index in [4.69, 9.17) is 11.6 Å². The largest absolute Gasteiger partial charge is 0.480 e. The number of carboxylic acid groups (broad SMARTS) is 1. The summed E-state index contributed by atoms with van der Waals surface area (Å²) in [5.74, 6) is -0.798. The summed E-state index contributed by atoms with van der Waals surface area (Å²) < 4.78 is 1.66. The Balaban J connectivity index is 1.66. The third-order valence-corrected chi connectivity index (χ3v) is 5.93. The number of likely N-dealkylation sites (tertiary alicyclic amines) is 1. The minimum absolute atomic E-state index is 0.0692. The standard InChI is InChI=1S/C19H20ClN3O3/c1-11-16(9-21-23(11)14-6-3-5-13(20)8-14)18(24)22-10-12-4-2-7-15(12)17(22)19(25)26/h3,5-6,8-9,12,15,17H,2,4,7,10H2,1H3,(H,25,26). The van der Waals surface area contributed by atoms with Gasteiger partial charge in [0.15, 0.2) is 0 Å². The molecule has 1 aromatic carbocycles. The molecule has 3 atom stereocenters. The first-order chi connectivity index (χ1) is 12.5. The lowest BCUT2D eigenvalue weighted by atomic mass is 9.94. The number of rotatable bonds is 3. The van der Waals surface area contributed by atoms with Crippen LogP contribution in [0, 0.1) is 18.8 Å². The molecule has 3 unspecified atom stereocenters. The maximum Gasteiger partial charge on any atom is 0.326 e. The monoisotopic (exact) mass is 373 g/mol. The molecule has 2 fully saturated rings. The van der Waals surface area contributed by atoms with Crippen molar-refractivity contribution in [1.82, 2.24) is 14.7 Å². The van der Waals surface area contributed by atoms with Crippen molar-refractivity contribution in [3.05, 3.63) is 46.7 Å². The van der Waals surface area contributed by atoms with Crippen molar-refractivity contribution in [3.63, 3.8) is 0 Å². The zero-order valence-corrected chi connectivity index (χ0v) is 15.2. The van der Waals surface area contributed by atoms with Crippen molar-refractivity contribution in [2.45, 2.75) is 32.2 Å². The summed E-state index contributed by atoms with van der Waals surface area (Å²) in [6.45, 7) is 2.33. The molecule has 1 aromatic heterocycles. The molecule has 2 aliphatic rings. The van der Waals surface area contributed by atoms with Crippen LogP contribution >= 0.6 is 11.6 Å². The molecule has 1 aliphatic heterocycles. The molecular formula is C19H20ClN3O3. The van der Waals surface area contributed by atoms with Gasteiger partial charge in [0.1, 0.15) is 6.04 Å². The van der Waals surface area contributed by atoms with Gasteiger partial charge in [-0.2, -0.15) is 5.10 Å². The Labute approximate surface area is 156 Å². The summed E-state index contributed by atoms with van der Waals surface area (Å²) in [5.41, 5.74) is 1.89. The number of benzene rings is 1. The van der Waals surface area contributed by atoms with Gasteiger partial charge in [0.05, 0.1) is 23.1 Å². The maximum atomic E-state index is 13.1. The second kappa shape index (κ2) is 6.43. The number of nitrogens with zero attached hydrogens (tertiary/aromatic N) is 3. The summed E-state index contributed by atoms with van der Waals surface area (Å²) in [4.78, 5) is 26.4. The topological polar surface area (TPSA) is 75.4 Å². The van der Waals surface area contributed by atoms with Crippen LogP contribution in [0.5, 0.6) is 0 Å². The minimum Gasteiger partial charge on any atom is -0.480 e. The van der Waals surface area contributed by atoms with E-state index in [-0.39, 0.29) is 11.8 Å². The second-order valence-corrected chi connectivity index (χ2v) is 7.57. The van der Waals surface area contributed by atoms with Crippen molar-refractivity contribution in [2.75, 3.05) is 6.54 Å². The van der Waals surface area contributed by atoms with Gasteiger partial charge in [-0.25, -0.2) is 9.48 Å². The van der Waals surface area contributed by atoms with E-state index in [9.17, 15) is 14.7 Å². The summed E-state index contributed by atoms with van der Waals surface area (Å²) >= 11 is 6.05. The zero-order chi connectivity index (χ0) is 18.4. The molecule has 26 heavy (non-hydrogen) atoms. The van der Waals surface area contributed by atoms with E-state index in [0.29, 0.717) is 28.7 Å². The van der Waals surface area contributed by atoms with Crippen molar-refractivity contribution < 1.29 is 14.7 Å². The molecule has 136 valence electrons. The highest BCUT2D eigenvalue weighted by molar-refractivity contribution is 6.30. The number of hydrogen-bond donors (Lipinski definition) is 1. The van der Waals surface area contributed by atoms with Crippen molar-refractivity contribution >= 4 is 23.5 Å². The van der Waals surface area contributed by atoms with Crippen molar-refractivity contribution in [3.8, 4) is 5.69 Å². The Hall–Kier alpha value is -2.34. The van der Waals surface area contributed by atoms with Gasteiger partial charge in [-0.05, 0) is 49.8 Å². The smallest absolute Gasteiger partial charge is 0.326 e. The molecule has 0 radical (unpaired) electrons. The van der Waals surface area contributed by atoms with E-state index in [1.807, 2.05) is 19.1 Å². The summed E-state index contributed by atoms with van der Waals surface area (Å²) in [5, 5.41) is 14.6. The van der Waals surface area contributed by atoms with Crippen LogP contribution in [0.2, 0.25) is 5.02 Å². The predicted octanol–water partition coefficient (Wildman–Crippen LogP) is 3.16. The first kappa shape index (κ1) is 17.1.